The standard InChI is InChI=1S/C14H18N6O/c1-11-15-5-6-20(11)13-4-3-12(16-17-13)14(21)19-9-7-18(2)8-10-19/h3-6H,7-10H2,1-2H3. The van der Waals surface area contributed by atoms with E-state index in [1.807, 2.05) is 22.6 Å². The average Bonchev–Trinajstić information content (AvgIpc) is 2.94. The van der Waals surface area contributed by atoms with Crippen molar-refractivity contribution >= 4 is 5.91 Å². The Labute approximate surface area is 123 Å². The number of imidazole rings is 1. The first-order valence-electron chi connectivity index (χ1n) is 6.97. The topological polar surface area (TPSA) is 67.2 Å². The monoisotopic (exact) mass is 286 g/mol. The third-order valence-corrected chi connectivity index (χ3v) is 3.73. The molecule has 0 atom stereocenters. The van der Waals surface area contributed by atoms with Crippen molar-refractivity contribution in [3.63, 3.8) is 0 Å². The molecule has 0 unspecified atom stereocenters. The number of aromatic nitrogens is 4. The van der Waals surface area contributed by atoms with Crippen molar-refractivity contribution in [2.24, 2.45) is 0 Å². The van der Waals surface area contributed by atoms with Crippen LogP contribution in [0.1, 0.15) is 16.3 Å². The van der Waals surface area contributed by atoms with Gasteiger partial charge in [0.15, 0.2) is 11.5 Å². The molecule has 0 spiro atoms. The highest BCUT2D eigenvalue weighted by molar-refractivity contribution is 5.92. The molecular formula is C14H18N6O. The molecule has 7 nitrogen and oxygen atoms in total. The van der Waals surface area contributed by atoms with Crippen LogP contribution in [-0.4, -0.2) is 68.7 Å². The second kappa shape index (κ2) is 5.61. The summed E-state index contributed by atoms with van der Waals surface area (Å²) in [5.74, 6) is 1.45. The van der Waals surface area contributed by atoms with Crippen molar-refractivity contribution in [3.05, 3.63) is 36.0 Å². The molecule has 21 heavy (non-hydrogen) atoms. The van der Waals surface area contributed by atoms with Crippen LogP contribution in [0.15, 0.2) is 24.5 Å². The number of likely N-dealkylation sites (N-methyl/N-ethyl adjacent to an activating group) is 1. The number of nitrogens with zero attached hydrogens (tertiary/aromatic N) is 6. The quantitative estimate of drug-likeness (QED) is 0.797. The number of carbonyl (C=O) groups is 1. The van der Waals surface area contributed by atoms with E-state index in [4.69, 9.17) is 0 Å². The van der Waals surface area contributed by atoms with Gasteiger partial charge in [0, 0.05) is 38.6 Å². The first kappa shape index (κ1) is 13.7. The molecule has 2 aromatic rings. The van der Waals surface area contributed by atoms with E-state index in [2.05, 4.69) is 27.1 Å². The van der Waals surface area contributed by atoms with Crippen LogP contribution in [0.5, 0.6) is 0 Å². The Bertz CT molecular complexity index is 627. The summed E-state index contributed by atoms with van der Waals surface area (Å²) in [7, 11) is 2.06. The minimum atomic E-state index is -0.0514. The summed E-state index contributed by atoms with van der Waals surface area (Å²) in [6.07, 6.45) is 3.53. The normalized spacial score (nSPS) is 16.2. The summed E-state index contributed by atoms with van der Waals surface area (Å²) >= 11 is 0. The highest BCUT2D eigenvalue weighted by Crippen LogP contribution is 2.09. The minimum Gasteiger partial charge on any atom is -0.335 e. The van der Waals surface area contributed by atoms with Crippen molar-refractivity contribution < 1.29 is 4.79 Å². The van der Waals surface area contributed by atoms with Gasteiger partial charge >= 0.3 is 0 Å². The predicted octanol–water partition coefficient (Wildman–Crippen LogP) is 0.358. The zero-order valence-electron chi connectivity index (χ0n) is 12.2. The van der Waals surface area contributed by atoms with Crippen molar-refractivity contribution in [2.75, 3.05) is 33.2 Å². The number of hydrogen-bond acceptors (Lipinski definition) is 5. The fraction of sp³-hybridized carbons (Fsp3) is 0.429. The molecule has 7 heteroatoms. The lowest BCUT2D eigenvalue weighted by Gasteiger charge is -2.32. The largest absolute Gasteiger partial charge is 0.335 e. The Morgan fingerprint density at radius 1 is 1.14 bits per heavy atom. The molecule has 0 bridgehead atoms. The number of carbonyl (C=O) groups excluding carboxylic acids is 1. The van der Waals surface area contributed by atoms with E-state index >= 15 is 0 Å². The zero-order chi connectivity index (χ0) is 14.8. The molecule has 110 valence electrons. The van der Waals surface area contributed by atoms with Crippen LogP contribution in [0.4, 0.5) is 0 Å². The number of piperazine rings is 1. The molecule has 3 rings (SSSR count). The second-order valence-corrected chi connectivity index (χ2v) is 5.22. The number of hydrogen-bond donors (Lipinski definition) is 0. The van der Waals surface area contributed by atoms with Gasteiger partial charge in [0.05, 0.1) is 0 Å². The van der Waals surface area contributed by atoms with Crippen molar-refractivity contribution in [1.29, 1.82) is 0 Å². The second-order valence-electron chi connectivity index (χ2n) is 5.22. The van der Waals surface area contributed by atoms with Crippen LogP contribution in [0, 0.1) is 6.92 Å². The molecule has 0 radical (unpaired) electrons. The van der Waals surface area contributed by atoms with Crippen LogP contribution in [-0.2, 0) is 0 Å². The van der Waals surface area contributed by atoms with Crippen molar-refractivity contribution in [3.8, 4) is 5.82 Å². The smallest absolute Gasteiger partial charge is 0.274 e. The van der Waals surface area contributed by atoms with Gasteiger partial charge in [0.1, 0.15) is 5.82 Å². The van der Waals surface area contributed by atoms with E-state index < -0.39 is 0 Å². The molecule has 3 heterocycles. The molecular weight excluding hydrogens is 268 g/mol. The van der Waals surface area contributed by atoms with Gasteiger partial charge < -0.3 is 9.80 Å². The van der Waals surface area contributed by atoms with Gasteiger partial charge in [-0.3, -0.25) is 9.36 Å². The maximum absolute atomic E-state index is 12.4. The van der Waals surface area contributed by atoms with Gasteiger partial charge in [0.2, 0.25) is 0 Å². The van der Waals surface area contributed by atoms with E-state index in [0.717, 1.165) is 32.0 Å². The first-order valence-corrected chi connectivity index (χ1v) is 6.97. The SMILES string of the molecule is Cc1nccn1-c1ccc(C(=O)N2CCN(C)CC2)nn1. The summed E-state index contributed by atoms with van der Waals surface area (Å²) in [5, 5.41) is 8.19. The third kappa shape index (κ3) is 2.78. The summed E-state index contributed by atoms with van der Waals surface area (Å²) < 4.78 is 1.83. The van der Waals surface area contributed by atoms with Gasteiger partial charge in [0.25, 0.3) is 5.91 Å². The lowest BCUT2D eigenvalue weighted by molar-refractivity contribution is 0.0657. The van der Waals surface area contributed by atoms with Crippen molar-refractivity contribution in [1.82, 2.24) is 29.5 Å². The zero-order valence-corrected chi connectivity index (χ0v) is 12.2. The first-order chi connectivity index (χ1) is 10.1. The van der Waals surface area contributed by atoms with Crippen molar-refractivity contribution in [2.45, 2.75) is 6.92 Å². The number of amides is 1. The molecule has 0 N–H and O–H groups in total. The lowest BCUT2D eigenvalue weighted by Crippen LogP contribution is -2.47. The van der Waals surface area contributed by atoms with Crippen LogP contribution in [0.25, 0.3) is 5.82 Å². The van der Waals surface area contributed by atoms with E-state index in [1.54, 1.807) is 18.3 Å². The predicted molar refractivity (Wildman–Crippen MR) is 77.3 cm³/mol. The fourth-order valence-electron chi connectivity index (χ4n) is 2.36. The van der Waals surface area contributed by atoms with Crippen LogP contribution in [0.2, 0.25) is 0 Å². The van der Waals surface area contributed by atoms with Crippen LogP contribution in [0.3, 0.4) is 0 Å². The molecule has 1 saturated heterocycles. The van der Waals surface area contributed by atoms with Gasteiger partial charge in [-0.05, 0) is 26.1 Å². The molecule has 2 aromatic heterocycles. The van der Waals surface area contributed by atoms with Crippen LogP contribution >= 0.6 is 0 Å². The Morgan fingerprint density at radius 2 is 1.90 bits per heavy atom. The molecule has 0 saturated carbocycles. The molecule has 1 aliphatic heterocycles. The highest BCUT2D eigenvalue weighted by Gasteiger charge is 2.21. The van der Waals surface area contributed by atoms with Gasteiger partial charge in [-0.15, -0.1) is 10.2 Å². The van der Waals surface area contributed by atoms with E-state index in [1.165, 1.54) is 0 Å². The average molecular weight is 286 g/mol. The van der Waals surface area contributed by atoms with Gasteiger partial charge in [-0.1, -0.05) is 0 Å². The Balaban J connectivity index is 1.75. The highest BCUT2D eigenvalue weighted by atomic mass is 16.2. The summed E-state index contributed by atoms with van der Waals surface area (Å²) in [4.78, 5) is 20.5. The minimum absolute atomic E-state index is 0.0514. The van der Waals surface area contributed by atoms with Gasteiger partial charge in [-0.2, -0.15) is 0 Å². The lowest BCUT2D eigenvalue weighted by atomic mass is 10.3. The summed E-state index contributed by atoms with van der Waals surface area (Å²) in [6, 6.07) is 3.52. The summed E-state index contributed by atoms with van der Waals surface area (Å²) in [6.45, 7) is 5.15. The third-order valence-electron chi connectivity index (χ3n) is 3.73. The molecule has 1 amide bonds. The maximum Gasteiger partial charge on any atom is 0.274 e. The van der Waals surface area contributed by atoms with E-state index in [9.17, 15) is 4.79 Å². The number of rotatable bonds is 2. The Kier molecular flexibility index (Phi) is 3.66. The van der Waals surface area contributed by atoms with Crippen LogP contribution < -0.4 is 0 Å². The summed E-state index contributed by atoms with van der Waals surface area (Å²) in [5.41, 5.74) is 0.390. The Morgan fingerprint density at radius 3 is 2.48 bits per heavy atom. The molecule has 1 aliphatic rings. The number of aryl methyl sites for hydroxylation is 1. The fourth-order valence-corrected chi connectivity index (χ4v) is 2.36. The molecule has 1 fully saturated rings. The Hall–Kier alpha value is -2.28. The maximum atomic E-state index is 12.4. The molecule has 0 aromatic carbocycles. The molecule has 0 aliphatic carbocycles. The van der Waals surface area contributed by atoms with E-state index in [-0.39, 0.29) is 5.91 Å². The van der Waals surface area contributed by atoms with E-state index in [0.29, 0.717) is 11.5 Å². The van der Waals surface area contributed by atoms with Gasteiger partial charge in [-0.25, -0.2) is 4.98 Å².